The minimum absolute atomic E-state index is 0.140. The van der Waals surface area contributed by atoms with E-state index in [0.29, 0.717) is 11.4 Å². The molecule has 0 atom stereocenters. The fraction of sp³-hybridized carbons (Fsp3) is 0.357. The molecule has 0 saturated carbocycles. The maximum atomic E-state index is 13.5. The van der Waals surface area contributed by atoms with E-state index < -0.39 is 5.82 Å². The van der Waals surface area contributed by atoms with E-state index in [4.69, 9.17) is 11.6 Å². The summed E-state index contributed by atoms with van der Waals surface area (Å²) in [5, 5.41) is 0.316. The number of Topliss-reactive ketones (excluding diaryl/α,β-unsaturated/α-hetero) is 1. The first-order chi connectivity index (χ1) is 8.16. The Morgan fingerprint density at radius 2 is 2.18 bits per heavy atom. The molecule has 0 unspecified atom stereocenters. The Morgan fingerprint density at radius 1 is 1.35 bits per heavy atom. The average Bonchev–Trinajstić information content (AvgIpc) is 2.30. The quantitative estimate of drug-likeness (QED) is 0.570. The minimum Gasteiger partial charge on any atom is -0.294 e. The van der Waals surface area contributed by atoms with Crippen LogP contribution in [0.3, 0.4) is 0 Å². The number of halogens is 2. The first-order valence-corrected chi connectivity index (χ1v) is 6.21. The third-order valence-corrected chi connectivity index (χ3v) is 3.24. The predicted molar refractivity (Wildman–Crippen MR) is 66.9 cm³/mol. The van der Waals surface area contributed by atoms with Crippen molar-refractivity contribution in [2.75, 3.05) is 0 Å². The molecule has 0 amide bonds. The van der Waals surface area contributed by atoms with Crippen molar-refractivity contribution in [1.82, 2.24) is 0 Å². The zero-order chi connectivity index (χ0) is 12.3. The highest BCUT2D eigenvalue weighted by atomic mass is 35.5. The lowest BCUT2D eigenvalue weighted by Gasteiger charge is -2.12. The summed E-state index contributed by atoms with van der Waals surface area (Å²) in [6, 6.07) is 4.19. The summed E-state index contributed by atoms with van der Waals surface area (Å²) in [5.74, 6) is -0.689. The van der Waals surface area contributed by atoms with Gasteiger partial charge in [-0.3, -0.25) is 4.79 Å². The molecule has 1 aliphatic carbocycles. The van der Waals surface area contributed by atoms with Gasteiger partial charge < -0.3 is 0 Å². The van der Waals surface area contributed by atoms with Crippen LogP contribution in [0.25, 0.3) is 0 Å². The van der Waals surface area contributed by atoms with Crippen molar-refractivity contribution in [3.63, 3.8) is 0 Å². The molecule has 1 aromatic rings. The van der Waals surface area contributed by atoms with Gasteiger partial charge in [0, 0.05) is 11.4 Å². The van der Waals surface area contributed by atoms with E-state index in [1.165, 1.54) is 18.6 Å². The molecule has 2 rings (SSSR count). The first-order valence-electron chi connectivity index (χ1n) is 5.83. The molecule has 3 heteroatoms. The topological polar surface area (TPSA) is 17.1 Å². The SMILES string of the molecule is O=C(CC1=CCCCC1)c1ccc(Cl)cc1F. The third-order valence-electron chi connectivity index (χ3n) is 3.00. The van der Waals surface area contributed by atoms with Gasteiger partial charge in [-0.15, -0.1) is 0 Å². The van der Waals surface area contributed by atoms with E-state index in [-0.39, 0.29) is 11.3 Å². The molecule has 0 aliphatic heterocycles. The Hall–Kier alpha value is -1.15. The Kier molecular flexibility index (Phi) is 3.95. The van der Waals surface area contributed by atoms with Crippen LogP contribution in [0.1, 0.15) is 42.5 Å². The normalized spacial score (nSPS) is 15.5. The number of benzene rings is 1. The summed E-state index contributed by atoms with van der Waals surface area (Å²) in [6.07, 6.45) is 6.75. The Labute approximate surface area is 105 Å². The lowest BCUT2D eigenvalue weighted by molar-refractivity contribution is 0.0987. The predicted octanol–water partition coefficient (Wildman–Crippen LogP) is 4.55. The van der Waals surface area contributed by atoms with Gasteiger partial charge in [0.2, 0.25) is 0 Å². The van der Waals surface area contributed by atoms with Gasteiger partial charge in [-0.05, 0) is 43.9 Å². The molecule has 0 N–H and O–H groups in total. The molecule has 1 aliphatic rings. The van der Waals surface area contributed by atoms with Crippen molar-refractivity contribution >= 4 is 17.4 Å². The smallest absolute Gasteiger partial charge is 0.169 e. The minimum atomic E-state index is -0.529. The van der Waals surface area contributed by atoms with Crippen molar-refractivity contribution in [2.24, 2.45) is 0 Å². The number of carbonyl (C=O) groups excluding carboxylic acids is 1. The monoisotopic (exact) mass is 252 g/mol. The molecule has 0 aromatic heterocycles. The zero-order valence-electron chi connectivity index (χ0n) is 9.51. The van der Waals surface area contributed by atoms with Crippen LogP contribution in [0.15, 0.2) is 29.8 Å². The van der Waals surface area contributed by atoms with Crippen LogP contribution in [0.4, 0.5) is 4.39 Å². The zero-order valence-corrected chi connectivity index (χ0v) is 10.3. The van der Waals surface area contributed by atoms with Gasteiger partial charge in [0.1, 0.15) is 5.82 Å². The van der Waals surface area contributed by atoms with Gasteiger partial charge in [-0.1, -0.05) is 23.3 Å². The summed E-state index contributed by atoms with van der Waals surface area (Å²) >= 11 is 5.65. The maximum absolute atomic E-state index is 13.5. The molecule has 0 fully saturated rings. The molecular weight excluding hydrogens is 239 g/mol. The molecule has 90 valence electrons. The van der Waals surface area contributed by atoms with Gasteiger partial charge in [0.25, 0.3) is 0 Å². The van der Waals surface area contributed by atoms with E-state index in [0.717, 1.165) is 24.8 Å². The van der Waals surface area contributed by atoms with Crippen LogP contribution in [-0.4, -0.2) is 5.78 Å². The van der Waals surface area contributed by atoms with Crippen molar-refractivity contribution in [3.05, 3.63) is 46.3 Å². The molecule has 0 spiro atoms. The van der Waals surface area contributed by atoms with E-state index in [9.17, 15) is 9.18 Å². The maximum Gasteiger partial charge on any atom is 0.169 e. The number of ketones is 1. The van der Waals surface area contributed by atoms with E-state index in [1.807, 2.05) is 0 Å². The van der Waals surface area contributed by atoms with Crippen molar-refractivity contribution in [2.45, 2.75) is 32.1 Å². The summed E-state index contributed by atoms with van der Waals surface area (Å²) < 4.78 is 13.5. The van der Waals surface area contributed by atoms with Crippen molar-refractivity contribution < 1.29 is 9.18 Å². The number of hydrogen-bond acceptors (Lipinski definition) is 1. The fourth-order valence-electron chi connectivity index (χ4n) is 2.08. The number of hydrogen-bond donors (Lipinski definition) is 0. The second kappa shape index (κ2) is 5.46. The highest BCUT2D eigenvalue weighted by molar-refractivity contribution is 6.30. The van der Waals surface area contributed by atoms with Crippen LogP contribution >= 0.6 is 11.6 Å². The Balaban J connectivity index is 2.11. The fourth-order valence-corrected chi connectivity index (χ4v) is 2.24. The van der Waals surface area contributed by atoms with Crippen LogP contribution in [0.5, 0.6) is 0 Å². The number of allylic oxidation sites excluding steroid dienone is 2. The first kappa shape index (κ1) is 12.3. The second-order valence-corrected chi connectivity index (χ2v) is 4.77. The van der Waals surface area contributed by atoms with Gasteiger partial charge >= 0.3 is 0 Å². The lowest BCUT2D eigenvalue weighted by atomic mass is 9.93. The molecule has 0 heterocycles. The average molecular weight is 253 g/mol. The van der Waals surface area contributed by atoms with E-state index in [2.05, 4.69) is 6.08 Å². The lowest BCUT2D eigenvalue weighted by Crippen LogP contribution is -2.05. The molecular formula is C14H14ClFO. The second-order valence-electron chi connectivity index (χ2n) is 4.33. The highest BCUT2D eigenvalue weighted by Crippen LogP contribution is 2.23. The molecule has 0 bridgehead atoms. The Morgan fingerprint density at radius 3 is 2.82 bits per heavy atom. The van der Waals surface area contributed by atoms with Crippen molar-refractivity contribution in [3.8, 4) is 0 Å². The summed E-state index contributed by atoms with van der Waals surface area (Å²) in [4.78, 5) is 11.9. The molecule has 0 radical (unpaired) electrons. The molecule has 17 heavy (non-hydrogen) atoms. The molecule has 1 aromatic carbocycles. The van der Waals surface area contributed by atoms with Crippen LogP contribution in [0.2, 0.25) is 5.02 Å². The number of carbonyl (C=O) groups is 1. The van der Waals surface area contributed by atoms with Gasteiger partial charge in [0.15, 0.2) is 5.78 Å². The standard InChI is InChI=1S/C14H14ClFO/c15-11-6-7-12(13(16)9-11)14(17)8-10-4-2-1-3-5-10/h4,6-7,9H,1-3,5,8H2. The Bertz CT molecular complexity index is 465. The highest BCUT2D eigenvalue weighted by Gasteiger charge is 2.14. The van der Waals surface area contributed by atoms with E-state index in [1.54, 1.807) is 6.07 Å². The van der Waals surface area contributed by atoms with Crippen LogP contribution in [-0.2, 0) is 0 Å². The van der Waals surface area contributed by atoms with Crippen LogP contribution < -0.4 is 0 Å². The van der Waals surface area contributed by atoms with Crippen molar-refractivity contribution in [1.29, 1.82) is 0 Å². The summed E-state index contributed by atoms with van der Waals surface area (Å²) in [7, 11) is 0. The summed E-state index contributed by atoms with van der Waals surface area (Å²) in [5.41, 5.74) is 1.27. The molecule has 1 nitrogen and oxygen atoms in total. The largest absolute Gasteiger partial charge is 0.294 e. The number of rotatable bonds is 3. The van der Waals surface area contributed by atoms with Gasteiger partial charge in [-0.25, -0.2) is 4.39 Å². The van der Waals surface area contributed by atoms with Gasteiger partial charge in [-0.2, -0.15) is 0 Å². The molecule has 0 saturated heterocycles. The van der Waals surface area contributed by atoms with Crippen LogP contribution in [0, 0.1) is 5.82 Å². The van der Waals surface area contributed by atoms with Gasteiger partial charge in [0.05, 0.1) is 5.56 Å². The summed E-state index contributed by atoms with van der Waals surface area (Å²) in [6.45, 7) is 0. The van der Waals surface area contributed by atoms with E-state index >= 15 is 0 Å². The third kappa shape index (κ3) is 3.16.